The van der Waals surface area contributed by atoms with E-state index < -0.39 is 36.2 Å². The average molecular weight is 465 g/mol. The third kappa shape index (κ3) is 3.99. The second-order valence-electron chi connectivity index (χ2n) is 6.53. The van der Waals surface area contributed by atoms with Gasteiger partial charge in [0.15, 0.2) is 0 Å². The van der Waals surface area contributed by atoms with Crippen LogP contribution in [-0.4, -0.2) is 22.8 Å². The van der Waals surface area contributed by atoms with Gasteiger partial charge in [0, 0.05) is 11.8 Å². The monoisotopic (exact) mass is 465 g/mol. The Labute approximate surface area is 203 Å². The molecule has 0 aliphatic carbocycles. The number of nitrogen functional groups attached to an aromatic ring is 1. The van der Waals surface area contributed by atoms with Crippen LogP contribution in [0, 0.1) is 20.2 Å². The minimum absolute atomic E-state index is 0. The van der Waals surface area contributed by atoms with Crippen molar-refractivity contribution in [3.8, 4) is 0 Å². The zero-order chi connectivity index (χ0) is 22.5. The van der Waals surface area contributed by atoms with Crippen molar-refractivity contribution in [1.82, 2.24) is 0 Å². The zero-order valence-corrected chi connectivity index (χ0v) is 19.2. The van der Waals surface area contributed by atoms with Gasteiger partial charge >= 0.3 is 35.2 Å². The quantitative estimate of drug-likeness (QED) is 0.141. The van der Waals surface area contributed by atoms with Crippen molar-refractivity contribution in [2.45, 2.75) is 4.90 Å². The summed E-state index contributed by atoms with van der Waals surface area (Å²) in [4.78, 5) is 22.3. The molecule has 0 saturated carbocycles. The van der Waals surface area contributed by atoms with E-state index in [1.165, 1.54) is 4.90 Å². The van der Waals surface area contributed by atoms with Gasteiger partial charge in [0.05, 0.1) is 43.6 Å². The summed E-state index contributed by atoms with van der Waals surface area (Å²) in [6, 6.07) is 12.3. The van der Waals surface area contributed by atoms with Crippen LogP contribution in [0.1, 0.15) is 0 Å². The molecular formula is C18H12N5NaO7S. The number of non-ortho nitro benzene ring substituents is 1. The molecule has 14 heteroatoms. The van der Waals surface area contributed by atoms with Crippen LogP contribution < -0.4 is 45.5 Å². The molecule has 0 spiro atoms. The van der Waals surface area contributed by atoms with Crippen molar-refractivity contribution < 1.29 is 52.4 Å². The molecule has 4 rings (SSSR count). The Morgan fingerprint density at radius 3 is 2.19 bits per heavy atom. The Morgan fingerprint density at radius 1 is 0.969 bits per heavy atom. The van der Waals surface area contributed by atoms with Crippen molar-refractivity contribution in [1.29, 1.82) is 0 Å². The first-order valence-corrected chi connectivity index (χ1v) is 9.97. The van der Waals surface area contributed by atoms with Gasteiger partial charge in [-0.3, -0.25) is 20.2 Å². The molecule has 158 valence electrons. The number of anilines is 6. The summed E-state index contributed by atoms with van der Waals surface area (Å²) in [7, 11) is -4.87. The minimum Gasteiger partial charge on any atom is -0.744 e. The Bertz CT molecular complexity index is 1370. The summed E-state index contributed by atoms with van der Waals surface area (Å²) in [5.74, 6) is 0. The standard InChI is InChI=1S/C18H13N5O7S.Na/c19-13-8-12(31(28,29)30)9-14-18(13)21(10-4-2-1-3-5-10)15-6-11(22(24)25)7-16(23(26)27)17(15)20-14;/h1-9,20H,19H2,(H,28,29,30);/q;+1/p-1. The van der Waals surface area contributed by atoms with Crippen LogP contribution in [0.25, 0.3) is 0 Å². The van der Waals surface area contributed by atoms with Gasteiger partial charge < -0.3 is 20.5 Å². The van der Waals surface area contributed by atoms with E-state index >= 15 is 0 Å². The number of nitro benzene ring substituents is 2. The Kier molecular flexibility index (Phi) is 6.13. The van der Waals surface area contributed by atoms with Crippen molar-refractivity contribution >= 4 is 55.6 Å². The number of rotatable bonds is 4. The molecule has 1 aliphatic heterocycles. The van der Waals surface area contributed by atoms with E-state index in [1.807, 2.05) is 0 Å². The SMILES string of the molecule is Nc1cc(S(=O)(=O)[O-])cc2c1N(c1ccccc1)c1cc([N+](=O)[O-])cc([N+](=O)[O-])c1N2.[Na+]. The van der Waals surface area contributed by atoms with Gasteiger partial charge in [0.1, 0.15) is 15.8 Å². The normalized spacial score (nSPS) is 12.1. The molecule has 3 aromatic carbocycles. The molecule has 32 heavy (non-hydrogen) atoms. The molecule has 0 atom stereocenters. The number of para-hydroxylation sites is 1. The molecule has 0 amide bonds. The minimum atomic E-state index is -4.87. The second-order valence-corrected chi connectivity index (χ2v) is 7.91. The Hall–Kier alpha value is -3.23. The first-order valence-electron chi connectivity index (χ1n) is 8.56. The number of benzene rings is 3. The smallest absolute Gasteiger partial charge is 0.744 e. The fourth-order valence-corrected chi connectivity index (χ4v) is 3.90. The largest absolute Gasteiger partial charge is 1.00 e. The van der Waals surface area contributed by atoms with Crippen molar-refractivity contribution in [3.63, 3.8) is 0 Å². The van der Waals surface area contributed by atoms with E-state index in [0.717, 1.165) is 24.3 Å². The first kappa shape index (κ1) is 23.4. The van der Waals surface area contributed by atoms with E-state index in [4.69, 9.17) is 5.73 Å². The topological polar surface area (TPSA) is 185 Å². The van der Waals surface area contributed by atoms with Crippen LogP contribution in [0.3, 0.4) is 0 Å². The van der Waals surface area contributed by atoms with Gasteiger partial charge in [-0.15, -0.1) is 0 Å². The van der Waals surface area contributed by atoms with Crippen molar-refractivity contribution in [2.75, 3.05) is 16.0 Å². The fourth-order valence-electron chi connectivity index (χ4n) is 3.37. The summed E-state index contributed by atoms with van der Waals surface area (Å²) in [6.07, 6.45) is 0. The fraction of sp³-hybridized carbons (Fsp3) is 0. The maximum absolute atomic E-state index is 11.6. The molecule has 0 fully saturated rings. The van der Waals surface area contributed by atoms with Gasteiger partial charge in [0.25, 0.3) is 5.69 Å². The summed E-state index contributed by atoms with van der Waals surface area (Å²) in [6.45, 7) is 0. The number of nitrogens with one attached hydrogen (secondary N) is 1. The summed E-state index contributed by atoms with van der Waals surface area (Å²) < 4.78 is 34.6. The third-order valence-corrected chi connectivity index (χ3v) is 5.44. The van der Waals surface area contributed by atoms with Gasteiger partial charge in [-0.05, 0) is 24.3 Å². The maximum atomic E-state index is 11.6. The molecule has 1 heterocycles. The number of hydrogen-bond acceptors (Lipinski definition) is 10. The van der Waals surface area contributed by atoms with Crippen LogP contribution in [0.15, 0.2) is 59.5 Å². The van der Waals surface area contributed by atoms with Gasteiger partial charge in [0.2, 0.25) is 0 Å². The summed E-state index contributed by atoms with van der Waals surface area (Å²) >= 11 is 0. The predicted octanol–water partition coefficient (Wildman–Crippen LogP) is 0.520. The van der Waals surface area contributed by atoms with E-state index in [2.05, 4.69) is 5.32 Å². The van der Waals surface area contributed by atoms with Crippen LogP contribution in [0.5, 0.6) is 0 Å². The van der Waals surface area contributed by atoms with Crippen LogP contribution >= 0.6 is 0 Å². The molecule has 12 nitrogen and oxygen atoms in total. The van der Waals surface area contributed by atoms with Crippen molar-refractivity contribution in [2.24, 2.45) is 0 Å². The van der Waals surface area contributed by atoms with Crippen LogP contribution in [-0.2, 0) is 10.1 Å². The molecular weight excluding hydrogens is 453 g/mol. The molecule has 0 unspecified atom stereocenters. The van der Waals surface area contributed by atoms with E-state index in [0.29, 0.717) is 5.69 Å². The summed E-state index contributed by atoms with van der Waals surface area (Å²) in [5.41, 5.74) is 5.41. The molecule has 3 aromatic rings. The number of nitrogens with zero attached hydrogens (tertiary/aromatic N) is 3. The summed E-state index contributed by atoms with van der Waals surface area (Å²) in [5, 5.41) is 25.8. The van der Waals surface area contributed by atoms with Gasteiger partial charge in [-0.25, -0.2) is 8.42 Å². The molecule has 3 N–H and O–H groups in total. The van der Waals surface area contributed by atoms with Gasteiger partial charge in [-0.2, -0.15) is 0 Å². The zero-order valence-electron chi connectivity index (χ0n) is 16.4. The molecule has 0 radical (unpaired) electrons. The van der Waals surface area contributed by atoms with E-state index in [9.17, 15) is 33.2 Å². The van der Waals surface area contributed by atoms with Crippen LogP contribution in [0.2, 0.25) is 0 Å². The average Bonchev–Trinajstić information content (AvgIpc) is 2.71. The molecule has 1 aliphatic rings. The predicted molar refractivity (Wildman–Crippen MR) is 110 cm³/mol. The molecule has 0 aromatic heterocycles. The van der Waals surface area contributed by atoms with E-state index in [1.54, 1.807) is 30.3 Å². The molecule has 0 bridgehead atoms. The Balaban J connectivity index is 0.00000289. The van der Waals surface area contributed by atoms with E-state index in [-0.39, 0.29) is 58.0 Å². The van der Waals surface area contributed by atoms with Gasteiger partial charge in [-0.1, -0.05) is 18.2 Å². The molecule has 0 saturated heterocycles. The maximum Gasteiger partial charge on any atom is 1.00 e. The van der Waals surface area contributed by atoms with Crippen molar-refractivity contribution in [3.05, 3.63) is 74.8 Å². The second kappa shape index (κ2) is 8.37. The number of fused-ring (bicyclic) bond motifs is 2. The Morgan fingerprint density at radius 2 is 1.62 bits per heavy atom. The first-order chi connectivity index (χ1) is 14.6. The third-order valence-electron chi connectivity index (χ3n) is 4.63. The number of nitro groups is 2. The number of hydrogen-bond donors (Lipinski definition) is 2. The van der Waals surface area contributed by atoms with Crippen LogP contribution in [0.4, 0.5) is 45.5 Å². The number of nitrogens with two attached hydrogens (primary N) is 1.